The average Bonchev–Trinajstić information content (AvgIpc) is 3.30. The first kappa shape index (κ1) is 16.7. The van der Waals surface area contributed by atoms with E-state index in [1.807, 2.05) is 6.92 Å². The summed E-state index contributed by atoms with van der Waals surface area (Å²) in [5, 5.41) is 6.45. The highest BCUT2D eigenvalue weighted by atomic mass is 32.2. The molecule has 1 heterocycles. The zero-order valence-corrected chi connectivity index (χ0v) is 14.1. The molecule has 128 valence electrons. The van der Waals surface area contributed by atoms with Crippen LogP contribution in [-0.2, 0) is 10.0 Å². The SMILES string of the molecule is CCCNS(=O)(=O)c1ccc(NC(=O)c2cc(C3CC3)on2)cc1. The lowest BCUT2D eigenvalue weighted by molar-refractivity contribution is 0.101. The second-order valence-electron chi connectivity index (χ2n) is 5.77. The van der Waals surface area contributed by atoms with Gasteiger partial charge in [0.15, 0.2) is 5.69 Å². The Hall–Kier alpha value is -2.19. The van der Waals surface area contributed by atoms with Crippen molar-refractivity contribution in [1.29, 1.82) is 0 Å². The average molecular weight is 349 g/mol. The highest BCUT2D eigenvalue weighted by Gasteiger charge is 2.28. The van der Waals surface area contributed by atoms with E-state index in [0.717, 1.165) is 18.6 Å². The van der Waals surface area contributed by atoms with Crippen LogP contribution in [0.15, 0.2) is 39.8 Å². The topological polar surface area (TPSA) is 101 Å². The molecule has 7 nitrogen and oxygen atoms in total. The molecule has 1 aromatic carbocycles. The lowest BCUT2D eigenvalue weighted by Gasteiger charge is -2.07. The number of nitrogens with zero attached hydrogens (tertiary/aromatic N) is 1. The molecular formula is C16H19N3O4S. The fraction of sp³-hybridized carbons (Fsp3) is 0.375. The molecule has 0 unspecified atom stereocenters. The predicted octanol–water partition coefficient (Wildman–Crippen LogP) is 2.49. The van der Waals surface area contributed by atoms with E-state index in [9.17, 15) is 13.2 Å². The molecule has 2 N–H and O–H groups in total. The fourth-order valence-electron chi connectivity index (χ4n) is 2.19. The summed E-state index contributed by atoms with van der Waals surface area (Å²) in [6.45, 7) is 2.27. The Balaban J connectivity index is 1.65. The molecule has 1 fully saturated rings. The number of anilines is 1. The van der Waals surface area contributed by atoms with Crippen LogP contribution in [0.25, 0.3) is 0 Å². The van der Waals surface area contributed by atoms with E-state index in [-0.39, 0.29) is 16.5 Å². The zero-order valence-electron chi connectivity index (χ0n) is 13.3. The monoisotopic (exact) mass is 349 g/mol. The minimum Gasteiger partial charge on any atom is -0.360 e. The highest BCUT2D eigenvalue weighted by molar-refractivity contribution is 7.89. The molecule has 1 aliphatic rings. The van der Waals surface area contributed by atoms with Crippen molar-refractivity contribution in [3.8, 4) is 0 Å². The summed E-state index contributed by atoms with van der Waals surface area (Å²) in [5.41, 5.74) is 0.712. The minimum absolute atomic E-state index is 0.159. The minimum atomic E-state index is -3.51. The number of nitrogens with one attached hydrogen (secondary N) is 2. The van der Waals surface area contributed by atoms with Crippen LogP contribution in [0.1, 0.15) is 48.4 Å². The summed E-state index contributed by atoms with van der Waals surface area (Å²) >= 11 is 0. The number of aromatic nitrogens is 1. The fourth-order valence-corrected chi connectivity index (χ4v) is 3.32. The van der Waals surface area contributed by atoms with Gasteiger partial charge in [-0.25, -0.2) is 13.1 Å². The summed E-state index contributed by atoms with van der Waals surface area (Å²) in [6, 6.07) is 7.64. The van der Waals surface area contributed by atoms with E-state index < -0.39 is 10.0 Å². The van der Waals surface area contributed by atoms with Crippen molar-refractivity contribution >= 4 is 21.6 Å². The number of hydrogen-bond acceptors (Lipinski definition) is 5. The van der Waals surface area contributed by atoms with Crippen LogP contribution >= 0.6 is 0 Å². The number of carbonyl (C=O) groups excluding carboxylic acids is 1. The Morgan fingerprint density at radius 2 is 2.00 bits per heavy atom. The van der Waals surface area contributed by atoms with Gasteiger partial charge in [0.1, 0.15) is 5.76 Å². The van der Waals surface area contributed by atoms with Gasteiger partial charge >= 0.3 is 0 Å². The van der Waals surface area contributed by atoms with Crippen molar-refractivity contribution < 1.29 is 17.7 Å². The second-order valence-corrected chi connectivity index (χ2v) is 7.53. The molecule has 1 aliphatic carbocycles. The number of benzene rings is 1. The van der Waals surface area contributed by atoms with Gasteiger partial charge in [0.05, 0.1) is 4.90 Å². The Morgan fingerprint density at radius 1 is 1.29 bits per heavy atom. The Bertz CT molecular complexity index is 823. The number of carbonyl (C=O) groups is 1. The third-order valence-corrected chi connectivity index (χ3v) is 5.18. The Kier molecular flexibility index (Phi) is 4.68. The third kappa shape index (κ3) is 3.82. The Labute approximate surface area is 140 Å². The number of amides is 1. The smallest absolute Gasteiger partial charge is 0.277 e. The maximum atomic E-state index is 12.1. The van der Waals surface area contributed by atoms with Gasteiger partial charge in [0.2, 0.25) is 10.0 Å². The molecule has 1 aromatic heterocycles. The van der Waals surface area contributed by atoms with Crippen LogP contribution in [0.5, 0.6) is 0 Å². The molecule has 0 aliphatic heterocycles. The molecule has 8 heteroatoms. The predicted molar refractivity (Wildman–Crippen MR) is 88.4 cm³/mol. The quantitative estimate of drug-likeness (QED) is 0.800. The van der Waals surface area contributed by atoms with Crippen LogP contribution in [0, 0.1) is 0 Å². The van der Waals surface area contributed by atoms with E-state index >= 15 is 0 Å². The van der Waals surface area contributed by atoms with Gasteiger partial charge in [-0.3, -0.25) is 4.79 Å². The summed E-state index contributed by atoms with van der Waals surface area (Å²) in [5.74, 6) is 0.744. The van der Waals surface area contributed by atoms with Gasteiger partial charge in [0.25, 0.3) is 5.91 Å². The summed E-state index contributed by atoms with van der Waals surface area (Å²) < 4.78 is 31.6. The van der Waals surface area contributed by atoms with Gasteiger partial charge in [-0.2, -0.15) is 0 Å². The van der Waals surface area contributed by atoms with Crippen LogP contribution in [-0.4, -0.2) is 26.0 Å². The van der Waals surface area contributed by atoms with Crippen LogP contribution in [0.4, 0.5) is 5.69 Å². The molecule has 0 saturated heterocycles. The summed E-state index contributed by atoms with van der Waals surface area (Å²) in [4.78, 5) is 12.3. The third-order valence-electron chi connectivity index (χ3n) is 3.71. The van der Waals surface area contributed by atoms with E-state index in [1.54, 1.807) is 18.2 Å². The van der Waals surface area contributed by atoms with Crippen LogP contribution < -0.4 is 10.0 Å². The standard InChI is InChI=1S/C16H19N3O4S/c1-2-9-17-24(21,22)13-7-5-12(6-8-13)18-16(20)14-10-15(23-19-14)11-3-4-11/h5-8,10-11,17H,2-4,9H2,1H3,(H,18,20). The van der Waals surface area contributed by atoms with Crippen LogP contribution in [0.3, 0.4) is 0 Å². The highest BCUT2D eigenvalue weighted by Crippen LogP contribution is 2.40. The Morgan fingerprint density at radius 3 is 2.62 bits per heavy atom. The molecule has 0 radical (unpaired) electrons. The molecule has 0 spiro atoms. The van der Waals surface area contributed by atoms with E-state index in [0.29, 0.717) is 24.6 Å². The molecule has 1 amide bonds. The number of hydrogen-bond donors (Lipinski definition) is 2. The second kappa shape index (κ2) is 6.74. The van der Waals surface area contributed by atoms with E-state index in [4.69, 9.17) is 4.52 Å². The summed E-state index contributed by atoms with van der Waals surface area (Å²) in [6.07, 6.45) is 2.85. The van der Waals surface area contributed by atoms with Crippen molar-refractivity contribution in [3.63, 3.8) is 0 Å². The van der Waals surface area contributed by atoms with Crippen molar-refractivity contribution in [2.24, 2.45) is 0 Å². The molecule has 2 aromatic rings. The van der Waals surface area contributed by atoms with Crippen molar-refractivity contribution in [2.45, 2.75) is 37.0 Å². The number of rotatable bonds is 7. The molecule has 3 rings (SSSR count). The van der Waals surface area contributed by atoms with E-state index in [1.165, 1.54) is 12.1 Å². The maximum absolute atomic E-state index is 12.1. The van der Waals surface area contributed by atoms with Crippen molar-refractivity contribution in [2.75, 3.05) is 11.9 Å². The van der Waals surface area contributed by atoms with Gasteiger partial charge < -0.3 is 9.84 Å². The van der Waals surface area contributed by atoms with Crippen LogP contribution in [0.2, 0.25) is 0 Å². The van der Waals surface area contributed by atoms with E-state index in [2.05, 4.69) is 15.2 Å². The first-order valence-electron chi connectivity index (χ1n) is 7.87. The lowest BCUT2D eigenvalue weighted by Crippen LogP contribution is -2.24. The largest absolute Gasteiger partial charge is 0.360 e. The molecular weight excluding hydrogens is 330 g/mol. The lowest BCUT2D eigenvalue weighted by atomic mass is 10.2. The molecule has 1 saturated carbocycles. The first-order valence-corrected chi connectivity index (χ1v) is 9.35. The first-order chi connectivity index (χ1) is 11.5. The molecule has 0 bridgehead atoms. The molecule has 0 atom stereocenters. The van der Waals surface area contributed by atoms with Crippen molar-refractivity contribution in [3.05, 3.63) is 41.8 Å². The van der Waals surface area contributed by atoms with Gasteiger partial charge in [-0.05, 0) is 43.5 Å². The zero-order chi connectivity index (χ0) is 17.2. The normalized spacial score (nSPS) is 14.5. The summed E-state index contributed by atoms with van der Waals surface area (Å²) in [7, 11) is -3.51. The van der Waals surface area contributed by atoms with Crippen molar-refractivity contribution in [1.82, 2.24) is 9.88 Å². The molecule has 24 heavy (non-hydrogen) atoms. The van der Waals surface area contributed by atoms with Gasteiger partial charge in [-0.1, -0.05) is 12.1 Å². The van der Waals surface area contributed by atoms with Gasteiger partial charge in [-0.15, -0.1) is 0 Å². The number of sulfonamides is 1. The van der Waals surface area contributed by atoms with Gasteiger partial charge in [0, 0.05) is 24.2 Å². The maximum Gasteiger partial charge on any atom is 0.277 e.